The van der Waals surface area contributed by atoms with Gasteiger partial charge < -0.3 is 16.6 Å². The van der Waals surface area contributed by atoms with Gasteiger partial charge in [-0.1, -0.05) is 30.3 Å². The molecule has 0 amide bonds. The maximum atomic E-state index is 9.28. The van der Waals surface area contributed by atoms with Gasteiger partial charge in [0.15, 0.2) is 0 Å². The first kappa shape index (κ1) is 10.2. The Morgan fingerprint density at radius 1 is 1.23 bits per heavy atom. The third kappa shape index (κ3) is 3.14. The molecule has 0 heterocycles. The summed E-state index contributed by atoms with van der Waals surface area (Å²) in [4.78, 5) is 0. The van der Waals surface area contributed by atoms with Crippen LogP contribution in [0.2, 0.25) is 0 Å². The summed E-state index contributed by atoms with van der Waals surface area (Å²) in [5.74, 6) is 0. The highest BCUT2D eigenvalue weighted by Gasteiger charge is 2.10. The Bertz CT molecular complexity index is 238. The molecule has 0 aliphatic heterocycles. The number of hydrogen-bond donors (Lipinski definition) is 3. The lowest BCUT2D eigenvalue weighted by molar-refractivity contribution is 0.163. The van der Waals surface area contributed by atoms with E-state index in [1.165, 1.54) is 0 Å². The van der Waals surface area contributed by atoms with Crippen molar-refractivity contribution in [2.75, 3.05) is 6.54 Å². The topological polar surface area (TPSA) is 72.3 Å². The van der Waals surface area contributed by atoms with Crippen molar-refractivity contribution in [1.29, 1.82) is 0 Å². The molecule has 13 heavy (non-hydrogen) atoms. The summed E-state index contributed by atoms with van der Waals surface area (Å²) >= 11 is 0. The smallest absolute Gasteiger partial charge is 0.0680 e. The molecule has 0 fully saturated rings. The first-order chi connectivity index (χ1) is 6.24. The minimum absolute atomic E-state index is 0.125. The average Bonchev–Trinajstić information content (AvgIpc) is 2.19. The van der Waals surface area contributed by atoms with Crippen molar-refractivity contribution in [3.05, 3.63) is 35.9 Å². The SMILES string of the molecule is NCC(O)CC(N)c1ccccc1. The van der Waals surface area contributed by atoms with Crippen molar-refractivity contribution in [2.45, 2.75) is 18.6 Å². The van der Waals surface area contributed by atoms with Gasteiger partial charge in [-0.2, -0.15) is 0 Å². The Morgan fingerprint density at radius 2 is 1.85 bits per heavy atom. The average molecular weight is 180 g/mol. The van der Waals surface area contributed by atoms with Gasteiger partial charge in [-0.3, -0.25) is 0 Å². The first-order valence-electron chi connectivity index (χ1n) is 4.42. The highest BCUT2D eigenvalue weighted by atomic mass is 16.3. The highest BCUT2D eigenvalue weighted by Crippen LogP contribution is 2.14. The third-order valence-corrected chi connectivity index (χ3v) is 2.03. The van der Waals surface area contributed by atoms with Crippen LogP contribution in [-0.2, 0) is 0 Å². The predicted octanol–water partition coefficient (Wildman–Crippen LogP) is 0.396. The van der Waals surface area contributed by atoms with Gasteiger partial charge in [0.1, 0.15) is 0 Å². The van der Waals surface area contributed by atoms with Crippen molar-refractivity contribution in [2.24, 2.45) is 11.5 Å². The quantitative estimate of drug-likeness (QED) is 0.628. The van der Waals surface area contributed by atoms with Gasteiger partial charge in [0.2, 0.25) is 0 Å². The molecule has 3 heteroatoms. The maximum absolute atomic E-state index is 9.28. The maximum Gasteiger partial charge on any atom is 0.0680 e. The molecule has 1 aromatic carbocycles. The fourth-order valence-electron chi connectivity index (χ4n) is 1.23. The number of benzene rings is 1. The van der Waals surface area contributed by atoms with E-state index in [-0.39, 0.29) is 12.6 Å². The lowest BCUT2D eigenvalue weighted by Gasteiger charge is -2.15. The molecule has 0 radical (unpaired) electrons. The summed E-state index contributed by atoms with van der Waals surface area (Å²) in [7, 11) is 0. The summed E-state index contributed by atoms with van der Waals surface area (Å²) in [6.07, 6.45) is 0.00996. The van der Waals surface area contributed by atoms with Gasteiger partial charge in [-0.05, 0) is 12.0 Å². The lowest BCUT2D eigenvalue weighted by atomic mass is 10.0. The number of aliphatic hydroxyl groups is 1. The van der Waals surface area contributed by atoms with Crippen LogP contribution in [0.5, 0.6) is 0 Å². The number of rotatable bonds is 4. The molecule has 5 N–H and O–H groups in total. The van der Waals surface area contributed by atoms with Crippen LogP contribution >= 0.6 is 0 Å². The zero-order valence-electron chi connectivity index (χ0n) is 7.56. The Labute approximate surface area is 78.4 Å². The summed E-state index contributed by atoms with van der Waals surface area (Å²) in [5, 5.41) is 9.28. The van der Waals surface area contributed by atoms with Gasteiger partial charge in [0.25, 0.3) is 0 Å². The van der Waals surface area contributed by atoms with Gasteiger partial charge in [0.05, 0.1) is 6.10 Å². The fraction of sp³-hybridized carbons (Fsp3) is 0.400. The molecular weight excluding hydrogens is 164 g/mol. The van der Waals surface area contributed by atoms with E-state index < -0.39 is 6.10 Å². The third-order valence-electron chi connectivity index (χ3n) is 2.03. The van der Waals surface area contributed by atoms with Crippen molar-refractivity contribution in [1.82, 2.24) is 0 Å². The monoisotopic (exact) mass is 180 g/mol. The van der Waals surface area contributed by atoms with Gasteiger partial charge in [-0.25, -0.2) is 0 Å². The zero-order chi connectivity index (χ0) is 9.68. The number of hydrogen-bond acceptors (Lipinski definition) is 3. The van der Waals surface area contributed by atoms with E-state index in [1.807, 2.05) is 30.3 Å². The molecule has 0 aromatic heterocycles. The molecule has 0 spiro atoms. The summed E-state index contributed by atoms with van der Waals surface area (Å²) < 4.78 is 0. The standard InChI is InChI=1S/C10H16N2O/c11-7-9(13)6-10(12)8-4-2-1-3-5-8/h1-5,9-10,13H,6-7,11-12H2. The first-order valence-corrected chi connectivity index (χ1v) is 4.42. The number of aliphatic hydroxyl groups excluding tert-OH is 1. The van der Waals surface area contributed by atoms with Crippen molar-refractivity contribution >= 4 is 0 Å². The van der Waals surface area contributed by atoms with E-state index in [4.69, 9.17) is 11.5 Å². The van der Waals surface area contributed by atoms with Gasteiger partial charge >= 0.3 is 0 Å². The van der Waals surface area contributed by atoms with E-state index in [0.29, 0.717) is 6.42 Å². The number of nitrogens with two attached hydrogens (primary N) is 2. The Balaban J connectivity index is 2.53. The molecule has 3 nitrogen and oxygen atoms in total. The second-order valence-electron chi connectivity index (χ2n) is 3.14. The minimum Gasteiger partial charge on any atom is -0.392 e. The van der Waals surface area contributed by atoms with E-state index in [9.17, 15) is 5.11 Å². The summed E-state index contributed by atoms with van der Waals surface area (Å²) in [6.45, 7) is 0.264. The molecule has 1 rings (SSSR count). The van der Waals surface area contributed by atoms with Crippen LogP contribution in [0.4, 0.5) is 0 Å². The van der Waals surface area contributed by atoms with Crippen LogP contribution in [0.1, 0.15) is 18.0 Å². The normalized spacial score (nSPS) is 15.3. The van der Waals surface area contributed by atoms with Crippen LogP contribution in [-0.4, -0.2) is 17.8 Å². The van der Waals surface area contributed by atoms with Crippen molar-refractivity contribution in [3.63, 3.8) is 0 Å². The fourth-order valence-corrected chi connectivity index (χ4v) is 1.23. The summed E-state index contributed by atoms with van der Waals surface area (Å²) in [5.41, 5.74) is 12.2. The summed E-state index contributed by atoms with van der Waals surface area (Å²) in [6, 6.07) is 9.59. The molecule has 1 aromatic rings. The van der Waals surface area contributed by atoms with Crippen LogP contribution in [0.25, 0.3) is 0 Å². The van der Waals surface area contributed by atoms with Crippen LogP contribution < -0.4 is 11.5 Å². The van der Waals surface area contributed by atoms with E-state index in [1.54, 1.807) is 0 Å². The van der Waals surface area contributed by atoms with Crippen molar-refractivity contribution in [3.8, 4) is 0 Å². The second kappa shape index (κ2) is 4.97. The zero-order valence-corrected chi connectivity index (χ0v) is 7.56. The molecular formula is C10H16N2O. The van der Waals surface area contributed by atoms with Crippen LogP contribution in [0.3, 0.4) is 0 Å². The molecule has 0 saturated heterocycles. The largest absolute Gasteiger partial charge is 0.392 e. The van der Waals surface area contributed by atoms with Crippen LogP contribution in [0.15, 0.2) is 30.3 Å². The molecule has 0 bridgehead atoms. The highest BCUT2D eigenvalue weighted by molar-refractivity contribution is 5.18. The Morgan fingerprint density at radius 3 is 2.38 bits per heavy atom. The second-order valence-corrected chi connectivity index (χ2v) is 3.14. The Hall–Kier alpha value is -0.900. The molecule has 0 saturated carbocycles. The van der Waals surface area contributed by atoms with Gasteiger partial charge in [0, 0.05) is 12.6 Å². The van der Waals surface area contributed by atoms with Gasteiger partial charge in [-0.15, -0.1) is 0 Å². The van der Waals surface area contributed by atoms with Crippen molar-refractivity contribution < 1.29 is 5.11 Å². The minimum atomic E-state index is -0.504. The lowest BCUT2D eigenvalue weighted by Crippen LogP contribution is -2.25. The molecule has 72 valence electrons. The van der Waals surface area contributed by atoms with Crippen LogP contribution in [0, 0.1) is 0 Å². The van der Waals surface area contributed by atoms with E-state index in [2.05, 4.69) is 0 Å². The van der Waals surface area contributed by atoms with E-state index >= 15 is 0 Å². The van der Waals surface area contributed by atoms with E-state index in [0.717, 1.165) is 5.56 Å². The molecule has 0 aliphatic rings. The molecule has 2 unspecified atom stereocenters. The molecule has 0 aliphatic carbocycles. The predicted molar refractivity (Wildman–Crippen MR) is 53.0 cm³/mol. The molecule has 2 atom stereocenters. The Kier molecular flexibility index (Phi) is 3.89.